The summed E-state index contributed by atoms with van der Waals surface area (Å²) in [7, 11) is 1.77. The van der Waals surface area contributed by atoms with Crippen molar-refractivity contribution in [2.75, 3.05) is 30.4 Å². The molecule has 2 unspecified atom stereocenters. The Hall–Kier alpha value is -2.24. The molecule has 0 fully saturated rings. The number of anilines is 2. The molecule has 0 aliphatic carbocycles. The summed E-state index contributed by atoms with van der Waals surface area (Å²) >= 11 is 0. The Morgan fingerprint density at radius 1 is 0.906 bits per heavy atom. The standard InChI is InChI=1S/C26H46N4O2/c1-7-11-14-21(9-3)18-27-25(31)29-23-16-13-17-24(20(23)5)30(6)26(32)28-19-22(10-4)15-12-8-2/h13,16-17,21-22H,7-12,14-15,18-19H2,1-6H3,(H,28,32)(H2,27,29,31). The van der Waals surface area contributed by atoms with Gasteiger partial charge in [0.2, 0.25) is 0 Å². The van der Waals surface area contributed by atoms with Crippen molar-refractivity contribution >= 4 is 23.4 Å². The van der Waals surface area contributed by atoms with E-state index in [9.17, 15) is 9.59 Å². The number of nitrogens with zero attached hydrogens (tertiary/aromatic N) is 1. The van der Waals surface area contributed by atoms with E-state index >= 15 is 0 Å². The minimum Gasteiger partial charge on any atom is -0.338 e. The Balaban J connectivity index is 2.69. The zero-order chi connectivity index (χ0) is 23.9. The van der Waals surface area contributed by atoms with Gasteiger partial charge in [-0.1, -0.05) is 72.3 Å². The molecule has 182 valence electrons. The number of benzene rings is 1. The van der Waals surface area contributed by atoms with E-state index in [1.165, 1.54) is 25.7 Å². The molecular formula is C26H46N4O2. The molecule has 0 spiro atoms. The van der Waals surface area contributed by atoms with Crippen molar-refractivity contribution in [3.05, 3.63) is 23.8 Å². The van der Waals surface area contributed by atoms with Gasteiger partial charge in [-0.3, -0.25) is 4.90 Å². The predicted molar refractivity (Wildman–Crippen MR) is 137 cm³/mol. The van der Waals surface area contributed by atoms with Gasteiger partial charge in [-0.2, -0.15) is 0 Å². The van der Waals surface area contributed by atoms with Crippen LogP contribution in [0.25, 0.3) is 0 Å². The topological polar surface area (TPSA) is 73.5 Å². The summed E-state index contributed by atoms with van der Waals surface area (Å²) in [6, 6.07) is 5.33. The van der Waals surface area contributed by atoms with E-state index in [4.69, 9.17) is 0 Å². The van der Waals surface area contributed by atoms with Gasteiger partial charge >= 0.3 is 12.1 Å². The number of hydrogen-bond acceptors (Lipinski definition) is 2. The number of rotatable bonds is 14. The maximum atomic E-state index is 12.7. The number of hydrogen-bond donors (Lipinski definition) is 3. The molecule has 1 aromatic rings. The minimum atomic E-state index is -0.200. The number of nitrogens with one attached hydrogen (secondary N) is 3. The maximum absolute atomic E-state index is 12.7. The van der Waals surface area contributed by atoms with Crippen molar-refractivity contribution in [1.29, 1.82) is 0 Å². The highest BCUT2D eigenvalue weighted by atomic mass is 16.2. The van der Waals surface area contributed by atoms with Gasteiger partial charge in [0.1, 0.15) is 0 Å². The Kier molecular flexibility index (Phi) is 13.5. The molecule has 0 radical (unpaired) electrons. The lowest BCUT2D eigenvalue weighted by molar-refractivity contribution is 0.244. The average molecular weight is 447 g/mol. The zero-order valence-electron chi connectivity index (χ0n) is 21.2. The van der Waals surface area contributed by atoms with Gasteiger partial charge in [-0.15, -0.1) is 0 Å². The van der Waals surface area contributed by atoms with Crippen molar-refractivity contribution in [3.8, 4) is 0 Å². The number of unbranched alkanes of at least 4 members (excludes halogenated alkanes) is 2. The number of amides is 4. The van der Waals surface area contributed by atoms with Crippen LogP contribution < -0.4 is 20.9 Å². The second-order valence-electron chi connectivity index (χ2n) is 8.86. The van der Waals surface area contributed by atoms with E-state index in [0.29, 0.717) is 24.9 Å². The van der Waals surface area contributed by atoms with Crippen LogP contribution in [0.2, 0.25) is 0 Å². The van der Waals surface area contributed by atoms with Gasteiger partial charge in [-0.25, -0.2) is 9.59 Å². The molecular weight excluding hydrogens is 400 g/mol. The van der Waals surface area contributed by atoms with Crippen molar-refractivity contribution in [2.45, 2.75) is 86.0 Å². The largest absolute Gasteiger partial charge is 0.338 e. The van der Waals surface area contributed by atoms with Gasteiger partial charge in [0.05, 0.1) is 5.69 Å². The fraction of sp³-hybridized carbons (Fsp3) is 0.692. The number of urea groups is 2. The molecule has 0 aliphatic heterocycles. The molecule has 3 N–H and O–H groups in total. The van der Waals surface area contributed by atoms with E-state index < -0.39 is 0 Å². The second-order valence-corrected chi connectivity index (χ2v) is 8.86. The lowest BCUT2D eigenvalue weighted by atomic mass is 9.99. The Morgan fingerprint density at radius 2 is 1.47 bits per heavy atom. The molecule has 6 heteroatoms. The van der Waals surface area contributed by atoms with Gasteiger partial charge in [-0.05, 0) is 49.3 Å². The third-order valence-corrected chi connectivity index (χ3v) is 6.40. The van der Waals surface area contributed by atoms with Crippen LogP contribution in [0, 0.1) is 18.8 Å². The summed E-state index contributed by atoms with van der Waals surface area (Å²) in [5.74, 6) is 1.02. The Morgan fingerprint density at radius 3 is 2.00 bits per heavy atom. The van der Waals surface area contributed by atoms with E-state index in [-0.39, 0.29) is 12.1 Å². The first-order valence-corrected chi connectivity index (χ1v) is 12.5. The van der Waals surface area contributed by atoms with Crippen molar-refractivity contribution in [2.24, 2.45) is 11.8 Å². The van der Waals surface area contributed by atoms with Gasteiger partial charge < -0.3 is 16.0 Å². The van der Waals surface area contributed by atoms with Crippen LogP contribution in [0.3, 0.4) is 0 Å². The molecule has 1 aromatic carbocycles. The molecule has 6 nitrogen and oxygen atoms in total. The summed E-state index contributed by atoms with van der Waals surface area (Å²) in [6.07, 6.45) is 9.13. The Bertz CT molecular complexity index is 692. The first-order valence-electron chi connectivity index (χ1n) is 12.5. The van der Waals surface area contributed by atoms with Crippen LogP contribution in [0.4, 0.5) is 21.0 Å². The first kappa shape index (κ1) is 27.8. The van der Waals surface area contributed by atoms with Crippen LogP contribution in [-0.4, -0.2) is 32.2 Å². The average Bonchev–Trinajstić information content (AvgIpc) is 2.80. The van der Waals surface area contributed by atoms with Crippen LogP contribution in [0.15, 0.2) is 18.2 Å². The highest BCUT2D eigenvalue weighted by Gasteiger charge is 2.17. The third-order valence-electron chi connectivity index (χ3n) is 6.40. The van der Waals surface area contributed by atoms with E-state index in [0.717, 1.165) is 42.6 Å². The molecule has 0 heterocycles. The summed E-state index contributed by atoms with van der Waals surface area (Å²) < 4.78 is 0. The minimum absolute atomic E-state index is 0.119. The van der Waals surface area contributed by atoms with Crippen LogP contribution in [0.5, 0.6) is 0 Å². The predicted octanol–water partition coefficient (Wildman–Crippen LogP) is 6.70. The molecule has 1 rings (SSSR count). The van der Waals surface area contributed by atoms with E-state index in [1.807, 2.05) is 25.1 Å². The molecule has 0 bridgehead atoms. The fourth-order valence-electron chi connectivity index (χ4n) is 3.87. The van der Waals surface area contributed by atoms with E-state index in [1.54, 1.807) is 11.9 Å². The SMILES string of the molecule is CCCCC(CC)CNC(=O)Nc1cccc(N(C)C(=O)NCC(CC)CCCC)c1C. The molecule has 2 atom stereocenters. The molecule has 4 amide bonds. The summed E-state index contributed by atoms with van der Waals surface area (Å²) in [4.78, 5) is 26.8. The highest BCUT2D eigenvalue weighted by molar-refractivity contribution is 5.95. The lowest BCUT2D eigenvalue weighted by Crippen LogP contribution is -2.40. The first-order chi connectivity index (χ1) is 15.4. The monoisotopic (exact) mass is 446 g/mol. The highest BCUT2D eigenvalue weighted by Crippen LogP contribution is 2.26. The quantitative estimate of drug-likeness (QED) is 0.298. The van der Waals surface area contributed by atoms with Crippen LogP contribution in [-0.2, 0) is 0 Å². The van der Waals surface area contributed by atoms with Crippen molar-refractivity contribution in [1.82, 2.24) is 10.6 Å². The molecule has 32 heavy (non-hydrogen) atoms. The van der Waals surface area contributed by atoms with E-state index in [2.05, 4.69) is 43.6 Å². The second kappa shape index (κ2) is 15.5. The molecule has 0 saturated carbocycles. The van der Waals surface area contributed by atoms with Gasteiger partial charge in [0, 0.05) is 25.8 Å². The number of carbonyl (C=O) groups is 2. The van der Waals surface area contributed by atoms with Crippen LogP contribution in [0.1, 0.15) is 84.6 Å². The number of carbonyl (C=O) groups excluding carboxylic acids is 2. The fourth-order valence-corrected chi connectivity index (χ4v) is 3.87. The molecule has 0 aromatic heterocycles. The van der Waals surface area contributed by atoms with Crippen molar-refractivity contribution < 1.29 is 9.59 Å². The third kappa shape index (κ3) is 9.49. The summed E-state index contributed by atoms with van der Waals surface area (Å²) in [5.41, 5.74) is 2.38. The molecule has 0 aliphatic rings. The van der Waals surface area contributed by atoms with Crippen molar-refractivity contribution in [3.63, 3.8) is 0 Å². The van der Waals surface area contributed by atoms with Crippen LogP contribution >= 0.6 is 0 Å². The van der Waals surface area contributed by atoms with Gasteiger partial charge in [0.15, 0.2) is 0 Å². The lowest BCUT2D eigenvalue weighted by Gasteiger charge is -2.23. The Labute approximate surface area is 195 Å². The summed E-state index contributed by atoms with van der Waals surface area (Å²) in [5, 5.41) is 9.03. The zero-order valence-corrected chi connectivity index (χ0v) is 21.2. The smallest absolute Gasteiger partial charge is 0.321 e. The summed E-state index contributed by atoms with van der Waals surface area (Å²) in [6.45, 7) is 12.0. The van der Waals surface area contributed by atoms with Gasteiger partial charge in [0.25, 0.3) is 0 Å². The molecule has 0 saturated heterocycles. The normalized spacial score (nSPS) is 12.7. The maximum Gasteiger partial charge on any atom is 0.321 e.